The molecule has 0 atom stereocenters. The molecule has 0 aromatic rings. The van der Waals surface area contributed by atoms with Crippen molar-refractivity contribution in [1.82, 2.24) is 0 Å². The van der Waals surface area contributed by atoms with Crippen LogP contribution < -0.4 is 0 Å². The van der Waals surface area contributed by atoms with Crippen molar-refractivity contribution in [2.45, 2.75) is 6.92 Å². The molecule has 3 heteroatoms. The van der Waals surface area contributed by atoms with E-state index >= 15 is 0 Å². The van der Waals surface area contributed by atoms with Gasteiger partial charge in [0.25, 0.3) is 0 Å². The number of allylic oxidation sites excluding steroid dienone is 5. The molecule has 0 aliphatic carbocycles. The van der Waals surface area contributed by atoms with Crippen molar-refractivity contribution in [2.24, 2.45) is 0 Å². The highest BCUT2D eigenvalue weighted by Gasteiger charge is 2.00. The summed E-state index contributed by atoms with van der Waals surface area (Å²) in [5, 5.41) is 8.37. The minimum atomic E-state index is -0.572. The van der Waals surface area contributed by atoms with Crippen LogP contribution in [0.1, 0.15) is 6.92 Å². The van der Waals surface area contributed by atoms with Gasteiger partial charge in [-0.1, -0.05) is 28.6 Å². The highest BCUT2D eigenvalue weighted by molar-refractivity contribution is 9.11. The number of hydrogen-bond acceptors (Lipinski definition) is 1. The zero-order valence-electron chi connectivity index (χ0n) is 6.06. The van der Waals surface area contributed by atoms with Gasteiger partial charge in [-0.25, -0.2) is 4.39 Å². The summed E-state index contributed by atoms with van der Waals surface area (Å²) < 4.78 is 13.2. The van der Waals surface area contributed by atoms with Crippen LogP contribution in [0.15, 0.2) is 34.6 Å². The zero-order valence-corrected chi connectivity index (χ0v) is 7.65. The molecule has 11 heavy (non-hydrogen) atoms. The summed E-state index contributed by atoms with van der Waals surface area (Å²) >= 11 is 2.95. The van der Waals surface area contributed by atoms with Gasteiger partial charge < -0.3 is 0 Å². The number of hydrogen-bond donors (Lipinski definition) is 0. The highest BCUT2D eigenvalue weighted by atomic mass is 79.9. The molecule has 58 valence electrons. The summed E-state index contributed by atoms with van der Waals surface area (Å²) in [5.41, 5.74) is 0.0191. The predicted octanol–water partition coefficient (Wildman–Crippen LogP) is 3.22. The van der Waals surface area contributed by atoms with Gasteiger partial charge in [-0.3, -0.25) is 0 Å². The van der Waals surface area contributed by atoms with E-state index in [4.69, 9.17) is 5.26 Å². The monoisotopic (exact) mass is 215 g/mol. The Balaban J connectivity index is 4.63. The molecule has 0 saturated heterocycles. The molecule has 0 amide bonds. The third kappa shape index (κ3) is 3.74. The van der Waals surface area contributed by atoms with Gasteiger partial charge in [-0.2, -0.15) is 5.26 Å². The Hall–Kier alpha value is -0.880. The first-order valence-corrected chi connectivity index (χ1v) is 3.69. The molecule has 0 saturated carbocycles. The summed E-state index contributed by atoms with van der Waals surface area (Å²) in [4.78, 5) is 0. The molecule has 0 bridgehead atoms. The van der Waals surface area contributed by atoms with E-state index in [0.717, 1.165) is 6.08 Å². The van der Waals surface area contributed by atoms with E-state index in [1.165, 1.54) is 6.08 Å². The van der Waals surface area contributed by atoms with Crippen LogP contribution in [0, 0.1) is 11.3 Å². The topological polar surface area (TPSA) is 23.8 Å². The Morgan fingerprint density at radius 3 is 2.55 bits per heavy atom. The van der Waals surface area contributed by atoms with Gasteiger partial charge >= 0.3 is 0 Å². The molecule has 0 spiro atoms. The van der Waals surface area contributed by atoms with E-state index in [0.29, 0.717) is 4.48 Å². The molecule has 0 aromatic heterocycles. The van der Waals surface area contributed by atoms with Crippen molar-refractivity contribution in [1.29, 1.82) is 5.26 Å². The largest absolute Gasteiger partial charge is 0.206 e. The van der Waals surface area contributed by atoms with Crippen molar-refractivity contribution < 1.29 is 4.39 Å². The van der Waals surface area contributed by atoms with Crippen LogP contribution in [0.2, 0.25) is 0 Å². The molecule has 0 heterocycles. The fraction of sp³-hybridized carbons (Fsp3) is 0.125. The lowest BCUT2D eigenvalue weighted by molar-refractivity contribution is 0.658. The van der Waals surface area contributed by atoms with Crippen LogP contribution in [-0.2, 0) is 0 Å². The Labute approximate surface area is 73.7 Å². The molecule has 0 rings (SSSR count). The number of nitriles is 1. The second-order valence-corrected chi connectivity index (χ2v) is 2.77. The molecular formula is C8H7BrFN. The number of halogens is 2. The normalized spacial score (nSPS) is 12.5. The SMILES string of the molecule is C=C(Br)C=C(F)C(C#N)=CC. The lowest BCUT2D eigenvalue weighted by atomic mass is 10.2. The minimum absolute atomic E-state index is 0.0191. The van der Waals surface area contributed by atoms with Gasteiger partial charge in [0.2, 0.25) is 0 Å². The van der Waals surface area contributed by atoms with Gasteiger partial charge in [0, 0.05) is 4.48 Å². The van der Waals surface area contributed by atoms with Crippen molar-refractivity contribution >= 4 is 15.9 Å². The first kappa shape index (κ1) is 10.1. The molecule has 0 aromatic carbocycles. The third-order valence-corrected chi connectivity index (χ3v) is 1.18. The molecule has 0 aliphatic rings. The lowest BCUT2D eigenvalue weighted by Gasteiger charge is -1.90. The maximum atomic E-state index is 12.8. The molecular weight excluding hydrogens is 209 g/mol. The molecule has 0 aliphatic heterocycles. The lowest BCUT2D eigenvalue weighted by Crippen LogP contribution is -1.78. The average Bonchev–Trinajstić information content (AvgIpc) is 1.88. The fourth-order valence-corrected chi connectivity index (χ4v) is 0.672. The summed E-state index contributed by atoms with van der Waals surface area (Å²) in [5.74, 6) is -0.572. The molecule has 0 unspecified atom stereocenters. The fourth-order valence-electron chi connectivity index (χ4n) is 0.471. The summed E-state index contributed by atoms with van der Waals surface area (Å²) in [6, 6.07) is 1.71. The van der Waals surface area contributed by atoms with Crippen LogP contribution in [-0.4, -0.2) is 0 Å². The van der Waals surface area contributed by atoms with Crippen molar-refractivity contribution in [3.05, 3.63) is 34.6 Å². The van der Waals surface area contributed by atoms with Crippen LogP contribution in [0.3, 0.4) is 0 Å². The Kier molecular flexibility index (Phi) is 4.47. The minimum Gasteiger partial charge on any atom is -0.206 e. The first-order valence-electron chi connectivity index (χ1n) is 2.90. The summed E-state index contributed by atoms with van der Waals surface area (Å²) in [7, 11) is 0. The maximum absolute atomic E-state index is 12.8. The number of rotatable bonds is 2. The zero-order chi connectivity index (χ0) is 8.85. The Morgan fingerprint density at radius 2 is 2.27 bits per heavy atom. The van der Waals surface area contributed by atoms with E-state index in [2.05, 4.69) is 22.5 Å². The van der Waals surface area contributed by atoms with E-state index in [-0.39, 0.29) is 5.57 Å². The molecule has 0 N–H and O–H groups in total. The molecule has 0 fully saturated rings. The van der Waals surface area contributed by atoms with E-state index < -0.39 is 5.83 Å². The van der Waals surface area contributed by atoms with Crippen molar-refractivity contribution in [2.75, 3.05) is 0 Å². The second kappa shape index (κ2) is 4.86. The van der Waals surface area contributed by atoms with E-state index in [1.807, 2.05) is 0 Å². The van der Waals surface area contributed by atoms with E-state index in [1.54, 1.807) is 13.0 Å². The highest BCUT2D eigenvalue weighted by Crippen LogP contribution is 2.15. The van der Waals surface area contributed by atoms with Gasteiger partial charge in [0.1, 0.15) is 11.9 Å². The van der Waals surface area contributed by atoms with Gasteiger partial charge in [0.05, 0.1) is 5.57 Å². The Morgan fingerprint density at radius 1 is 1.73 bits per heavy atom. The summed E-state index contributed by atoms with van der Waals surface area (Å²) in [6.45, 7) is 5.01. The average molecular weight is 216 g/mol. The Bertz CT molecular complexity index is 258. The first-order chi connectivity index (χ1) is 5.11. The van der Waals surface area contributed by atoms with Crippen LogP contribution >= 0.6 is 15.9 Å². The number of nitrogens with zero attached hydrogens (tertiary/aromatic N) is 1. The van der Waals surface area contributed by atoms with Crippen LogP contribution in [0.25, 0.3) is 0 Å². The standard InChI is InChI=1S/C8H7BrFN/c1-3-7(5-11)8(10)4-6(2)9/h3-4H,2H2,1H3. The van der Waals surface area contributed by atoms with Crippen molar-refractivity contribution in [3.8, 4) is 6.07 Å². The van der Waals surface area contributed by atoms with Gasteiger partial charge in [-0.05, 0) is 13.0 Å². The second-order valence-electron chi connectivity index (χ2n) is 1.75. The predicted molar refractivity (Wildman–Crippen MR) is 46.6 cm³/mol. The smallest absolute Gasteiger partial charge is 0.141 e. The quantitative estimate of drug-likeness (QED) is 0.513. The van der Waals surface area contributed by atoms with E-state index in [9.17, 15) is 4.39 Å². The van der Waals surface area contributed by atoms with Crippen LogP contribution in [0.4, 0.5) is 4.39 Å². The third-order valence-electron chi connectivity index (χ3n) is 0.950. The molecule has 1 nitrogen and oxygen atoms in total. The van der Waals surface area contributed by atoms with Gasteiger partial charge in [-0.15, -0.1) is 0 Å². The maximum Gasteiger partial charge on any atom is 0.141 e. The van der Waals surface area contributed by atoms with Crippen molar-refractivity contribution in [3.63, 3.8) is 0 Å². The molecule has 0 radical (unpaired) electrons. The van der Waals surface area contributed by atoms with Crippen LogP contribution in [0.5, 0.6) is 0 Å². The van der Waals surface area contributed by atoms with Gasteiger partial charge in [0.15, 0.2) is 0 Å². The summed E-state index contributed by atoms with van der Waals surface area (Å²) in [6.07, 6.45) is 2.56.